The Morgan fingerprint density at radius 1 is 1.27 bits per heavy atom. The van der Waals surface area contributed by atoms with E-state index in [-0.39, 0.29) is 12.7 Å². The molecule has 15 heavy (non-hydrogen) atoms. The largest absolute Gasteiger partial charge is 0.411 e. The van der Waals surface area contributed by atoms with Gasteiger partial charge in [0.1, 0.15) is 6.61 Å². The third-order valence-electron chi connectivity index (χ3n) is 2.47. The smallest absolute Gasteiger partial charge is 0.393 e. The lowest BCUT2D eigenvalue weighted by atomic mass is 10.1. The first-order valence-electron chi connectivity index (χ1n) is 5.31. The molecule has 1 fully saturated rings. The molecule has 0 amide bonds. The van der Waals surface area contributed by atoms with Gasteiger partial charge in [-0.05, 0) is 38.0 Å². The summed E-state index contributed by atoms with van der Waals surface area (Å²) >= 11 is 0. The van der Waals surface area contributed by atoms with Crippen LogP contribution in [0.3, 0.4) is 0 Å². The van der Waals surface area contributed by atoms with Gasteiger partial charge in [-0.15, -0.1) is 0 Å². The van der Waals surface area contributed by atoms with E-state index in [1.165, 1.54) is 0 Å². The maximum absolute atomic E-state index is 11.6. The van der Waals surface area contributed by atoms with Crippen LogP contribution in [0.4, 0.5) is 13.2 Å². The number of aliphatic hydroxyl groups excluding tert-OH is 1. The molecule has 0 spiro atoms. The van der Waals surface area contributed by atoms with Gasteiger partial charge in [-0.1, -0.05) is 0 Å². The lowest BCUT2D eigenvalue weighted by Crippen LogP contribution is -2.17. The fraction of sp³-hybridized carbons (Fsp3) is 1.00. The summed E-state index contributed by atoms with van der Waals surface area (Å²) < 4.78 is 39.4. The van der Waals surface area contributed by atoms with Crippen LogP contribution in [-0.4, -0.2) is 30.6 Å². The molecule has 0 aromatic carbocycles. The zero-order valence-electron chi connectivity index (χ0n) is 8.59. The fourth-order valence-corrected chi connectivity index (χ4v) is 1.46. The van der Waals surface area contributed by atoms with Crippen molar-refractivity contribution in [2.24, 2.45) is 5.92 Å². The predicted octanol–water partition coefficient (Wildman–Crippen LogP) is 2.51. The number of ether oxygens (including phenoxy) is 1. The maximum atomic E-state index is 11.6. The Kier molecular flexibility index (Phi) is 4.86. The van der Waals surface area contributed by atoms with Crippen LogP contribution in [0, 0.1) is 5.92 Å². The summed E-state index contributed by atoms with van der Waals surface area (Å²) in [6.45, 7) is -1.05. The molecule has 1 saturated carbocycles. The molecule has 1 unspecified atom stereocenters. The van der Waals surface area contributed by atoms with Gasteiger partial charge in [-0.3, -0.25) is 0 Å². The highest BCUT2D eigenvalue weighted by atomic mass is 19.4. The van der Waals surface area contributed by atoms with Crippen molar-refractivity contribution in [3.05, 3.63) is 0 Å². The summed E-state index contributed by atoms with van der Waals surface area (Å²) in [5.41, 5.74) is 0. The molecule has 0 bridgehead atoms. The summed E-state index contributed by atoms with van der Waals surface area (Å²) in [5.74, 6) is 0.445. The van der Waals surface area contributed by atoms with Gasteiger partial charge in [0.2, 0.25) is 0 Å². The maximum Gasteiger partial charge on any atom is 0.411 e. The lowest BCUT2D eigenvalue weighted by molar-refractivity contribution is -0.174. The third kappa shape index (κ3) is 6.73. The molecule has 1 rings (SSSR count). The molecule has 5 heteroatoms. The molecule has 0 aliphatic heterocycles. The number of aliphatic hydroxyl groups is 1. The van der Waals surface area contributed by atoms with E-state index < -0.39 is 12.8 Å². The van der Waals surface area contributed by atoms with Gasteiger partial charge in [0.15, 0.2) is 0 Å². The highest BCUT2D eigenvalue weighted by Gasteiger charge is 2.29. The molecule has 0 heterocycles. The minimum atomic E-state index is -4.23. The van der Waals surface area contributed by atoms with Gasteiger partial charge in [0.05, 0.1) is 6.10 Å². The van der Waals surface area contributed by atoms with E-state index in [0.29, 0.717) is 18.8 Å². The van der Waals surface area contributed by atoms with Crippen molar-refractivity contribution in [2.75, 3.05) is 13.2 Å². The van der Waals surface area contributed by atoms with Gasteiger partial charge >= 0.3 is 6.18 Å². The summed E-state index contributed by atoms with van der Waals surface area (Å²) in [6.07, 6.45) is -0.312. The van der Waals surface area contributed by atoms with Gasteiger partial charge in [0, 0.05) is 6.61 Å². The van der Waals surface area contributed by atoms with E-state index >= 15 is 0 Å². The Hall–Kier alpha value is -0.290. The number of unbranched alkanes of at least 4 members (excludes halogenated alkanes) is 1. The quantitative estimate of drug-likeness (QED) is 0.676. The molecule has 0 aromatic heterocycles. The number of hydrogen-bond acceptors (Lipinski definition) is 2. The highest BCUT2D eigenvalue weighted by Crippen LogP contribution is 2.34. The van der Waals surface area contributed by atoms with Crippen molar-refractivity contribution < 1.29 is 23.0 Å². The molecule has 90 valence electrons. The first-order chi connectivity index (χ1) is 6.99. The standard InChI is InChI=1S/C10H17F3O2/c11-10(12,13)7-15-6-2-1-3-9(14)8-4-5-8/h8-9,14H,1-7H2. The van der Waals surface area contributed by atoms with E-state index in [9.17, 15) is 18.3 Å². The Balaban J connectivity index is 1.84. The minimum absolute atomic E-state index is 0.122. The van der Waals surface area contributed by atoms with Gasteiger partial charge in [0.25, 0.3) is 0 Å². The molecule has 1 aliphatic rings. The molecular weight excluding hydrogens is 209 g/mol. The van der Waals surface area contributed by atoms with E-state index in [2.05, 4.69) is 4.74 Å². The van der Waals surface area contributed by atoms with Crippen LogP contribution in [0.5, 0.6) is 0 Å². The van der Waals surface area contributed by atoms with Crippen molar-refractivity contribution >= 4 is 0 Å². The summed E-state index contributed by atoms with van der Waals surface area (Å²) in [7, 11) is 0. The van der Waals surface area contributed by atoms with Crippen LogP contribution in [0.1, 0.15) is 32.1 Å². The van der Waals surface area contributed by atoms with Crippen LogP contribution >= 0.6 is 0 Å². The molecule has 0 aromatic rings. The zero-order valence-corrected chi connectivity index (χ0v) is 8.59. The molecule has 1 N–H and O–H groups in total. The minimum Gasteiger partial charge on any atom is -0.393 e. The Morgan fingerprint density at radius 2 is 1.93 bits per heavy atom. The molecule has 0 saturated heterocycles. The zero-order chi connectivity index (χ0) is 11.3. The van der Waals surface area contributed by atoms with Crippen LogP contribution in [-0.2, 0) is 4.74 Å². The van der Waals surface area contributed by atoms with E-state index in [4.69, 9.17) is 0 Å². The SMILES string of the molecule is OC(CCCCOCC(F)(F)F)C1CC1. The van der Waals surface area contributed by atoms with Gasteiger partial charge in [-0.25, -0.2) is 0 Å². The second kappa shape index (κ2) is 5.70. The molecule has 2 nitrogen and oxygen atoms in total. The monoisotopic (exact) mass is 226 g/mol. The van der Waals surface area contributed by atoms with E-state index in [0.717, 1.165) is 19.3 Å². The normalized spacial score (nSPS) is 19.2. The number of alkyl halides is 3. The highest BCUT2D eigenvalue weighted by molar-refractivity contribution is 4.80. The predicted molar refractivity (Wildman–Crippen MR) is 49.5 cm³/mol. The average Bonchev–Trinajstić information content (AvgIpc) is 2.91. The van der Waals surface area contributed by atoms with Gasteiger partial charge < -0.3 is 9.84 Å². The molecule has 1 aliphatic carbocycles. The van der Waals surface area contributed by atoms with Crippen molar-refractivity contribution in [3.8, 4) is 0 Å². The third-order valence-corrected chi connectivity index (χ3v) is 2.47. The van der Waals surface area contributed by atoms with Crippen LogP contribution < -0.4 is 0 Å². The van der Waals surface area contributed by atoms with E-state index in [1.54, 1.807) is 0 Å². The first-order valence-corrected chi connectivity index (χ1v) is 5.31. The van der Waals surface area contributed by atoms with Crippen molar-refractivity contribution in [2.45, 2.75) is 44.4 Å². The Bertz CT molecular complexity index is 178. The Morgan fingerprint density at radius 3 is 2.47 bits per heavy atom. The number of hydrogen-bond donors (Lipinski definition) is 1. The van der Waals surface area contributed by atoms with Crippen LogP contribution in [0.2, 0.25) is 0 Å². The van der Waals surface area contributed by atoms with Crippen molar-refractivity contribution in [3.63, 3.8) is 0 Å². The molecular formula is C10H17F3O2. The summed E-state index contributed by atoms with van der Waals surface area (Å²) in [4.78, 5) is 0. The van der Waals surface area contributed by atoms with Gasteiger partial charge in [-0.2, -0.15) is 13.2 Å². The average molecular weight is 226 g/mol. The number of halogens is 3. The second-order valence-electron chi connectivity index (χ2n) is 4.07. The number of rotatable bonds is 7. The van der Waals surface area contributed by atoms with Crippen molar-refractivity contribution in [1.82, 2.24) is 0 Å². The molecule has 0 radical (unpaired) electrons. The first kappa shape index (κ1) is 12.8. The van der Waals surface area contributed by atoms with Crippen LogP contribution in [0.25, 0.3) is 0 Å². The topological polar surface area (TPSA) is 29.5 Å². The lowest BCUT2D eigenvalue weighted by Gasteiger charge is -2.09. The van der Waals surface area contributed by atoms with Crippen molar-refractivity contribution in [1.29, 1.82) is 0 Å². The Labute approximate surface area is 87.4 Å². The second-order valence-corrected chi connectivity index (χ2v) is 4.07. The molecule has 1 atom stereocenters. The van der Waals surface area contributed by atoms with Crippen LogP contribution in [0.15, 0.2) is 0 Å². The van der Waals surface area contributed by atoms with E-state index in [1.807, 2.05) is 0 Å². The summed E-state index contributed by atoms with van der Waals surface area (Å²) in [6, 6.07) is 0. The fourth-order valence-electron chi connectivity index (χ4n) is 1.46. The summed E-state index contributed by atoms with van der Waals surface area (Å²) in [5, 5.41) is 9.45.